The summed E-state index contributed by atoms with van der Waals surface area (Å²) in [6.07, 6.45) is 5.36. The Labute approximate surface area is 73.2 Å². The van der Waals surface area contributed by atoms with Gasteiger partial charge >= 0.3 is 5.97 Å². The van der Waals surface area contributed by atoms with E-state index in [9.17, 15) is 4.79 Å². The van der Waals surface area contributed by atoms with Crippen LogP contribution in [0.25, 0.3) is 0 Å². The monoisotopic (exact) mass is 166 g/mol. The van der Waals surface area contributed by atoms with Crippen molar-refractivity contribution < 1.29 is 9.53 Å². The van der Waals surface area contributed by atoms with Gasteiger partial charge in [0.15, 0.2) is 0 Å². The third-order valence-electron chi connectivity index (χ3n) is 1.17. The molecule has 0 radical (unpaired) electrons. The van der Waals surface area contributed by atoms with Gasteiger partial charge in [0, 0.05) is 0 Å². The molecular formula is C10H14O2. The molecule has 0 saturated heterocycles. The van der Waals surface area contributed by atoms with E-state index in [1.165, 1.54) is 0 Å². The quantitative estimate of drug-likeness (QED) is 0.278. The highest BCUT2D eigenvalue weighted by Crippen LogP contribution is 1.93. The molecule has 0 saturated carbocycles. The molecule has 0 bridgehead atoms. The summed E-state index contributed by atoms with van der Waals surface area (Å²) in [5.41, 5.74) is 3.29. The van der Waals surface area contributed by atoms with Crippen LogP contribution in [0, 0.1) is 0 Å². The molecule has 66 valence electrons. The lowest BCUT2D eigenvalue weighted by Crippen LogP contribution is -2.03. The van der Waals surface area contributed by atoms with E-state index in [1.807, 2.05) is 19.1 Å². The molecule has 0 unspecified atom stereocenters. The number of hydrogen-bond acceptors (Lipinski definition) is 2. The zero-order valence-electron chi connectivity index (χ0n) is 7.76. The molecule has 0 heterocycles. The number of esters is 1. The molecule has 0 aliphatic rings. The van der Waals surface area contributed by atoms with Crippen molar-refractivity contribution in [2.75, 3.05) is 6.61 Å². The van der Waals surface area contributed by atoms with Gasteiger partial charge in [0.2, 0.25) is 0 Å². The fraction of sp³-hybridized carbons (Fsp3) is 0.400. The molecule has 2 nitrogen and oxygen atoms in total. The average molecular weight is 166 g/mol. The van der Waals surface area contributed by atoms with Gasteiger partial charge in [-0.1, -0.05) is 12.2 Å². The molecule has 0 aromatic rings. The van der Waals surface area contributed by atoms with E-state index in [2.05, 4.69) is 5.73 Å². The van der Waals surface area contributed by atoms with Crippen LogP contribution < -0.4 is 0 Å². The second kappa shape index (κ2) is 6.44. The van der Waals surface area contributed by atoms with Crippen molar-refractivity contribution in [3.63, 3.8) is 0 Å². The molecule has 0 rings (SSSR count). The Morgan fingerprint density at radius 1 is 1.58 bits per heavy atom. The predicted octanol–water partition coefficient (Wildman–Crippen LogP) is 2.23. The van der Waals surface area contributed by atoms with Crippen LogP contribution >= 0.6 is 0 Å². The first-order valence-corrected chi connectivity index (χ1v) is 3.94. The fourth-order valence-corrected chi connectivity index (χ4v) is 0.568. The van der Waals surface area contributed by atoms with Crippen molar-refractivity contribution in [3.05, 3.63) is 29.5 Å². The summed E-state index contributed by atoms with van der Waals surface area (Å²) in [6.45, 7) is 5.76. The minimum Gasteiger partial charge on any atom is -0.462 e. The van der Waals surface area contributed by atoms with E-state index in [0.717, 1.165) is 0 Å². The maximum absolute atomic E-state index is 11.0. The number of hydrogen-bond donors (Lipinski definition) is 0. The van der Waals surface area contributed by atoms with Gasteiger partial charge in [-0.15, -0.1) is 5.73 Å². The Morgan fingerprint density at radius 2 is 2.25 bits per heavy atom. The SMILES string of the molecule is C/C=C\C=C=C(C)C(=O)OCC. The maximum atomic E-state index is 11.0. The van der Waals surface area contributed by atoms with Gasteiger partial charge in [-0.3, -0.25) is 0 Å². The molecule has 0 fully saturated rings. The summed E-state index contributed by atoms with van der Waals surface area (Å²) < 4.78 is 4.75. The Morgan fingerprint density at radius 3 is 2.75 bits per heavy atom. The van der Waals surface area contributed by atoms with Crippen molar-refractivity contribution in [2.24, 2.45) is 0 Å². The maximum Gasteiger partial charge on any atom is 0.341 e. The molecule has 0 aliphatic heterocycles. The first-order valence-electron chi connectivity index (χ1n) is 3.94. The summed E-state index contributed by atoms with van der Waals surface area (Å²) in [5, 5.41) is 0. The zero-order valence-corrected chi connectivity index (χ0v) is 7.76. The van der Waals surface area contributed by atoms with E-state index >= 15 is 0 Å². The van der Waals surface area contributed by atoms with Gasteiger partial charge in [-0.05, 0) is 26.8 Å². The van der Waals surface area contributed by atoms with E-state index in [0.29, 0.717) is 12.2 Å². The van der Waals surface area contributed by atoms with Crippen molar-refractivity contribution >= 4 is 5.97 Å². The third kappa shape index (κ3) is 4.53. The molecule has 0 amide bonds. The number of allylic oxidation sites excluding steroid dienone is 2. The van der Waals surface area contributed by atoms with Gasteiger partial charge in [0.05, 0.1) is 12.2 Å². The highest BCUT2D eigenvalue weighted by Gasteiger charge is 2.01. The highest BCUT2D eigenvalue weighted by molar-refractivity contribution is 5.87. The molecule has 0 aliphatic carbocycles. The van der Waals surface area contributed by atoms with Gasteiger partial charge in [0.1, 0.15) is 0 Å². The minimum atomic E-state index is -0.307. The standard InChI is InChI=1S/C10H14O2/c1-4-6-7-8-9(3)10(11)12-5-2/h4,6-7H,5H2,1-3H3/b6-4-. The van der Waals surface area contributed by atoms with Crippen LogP contribution in [0.1, 0.15) is 20.8 Å². The Balaban J connectivity index is 4.26. The number of rotatable bonds is 3. The normalized spacial score (nSPS) is 9.25. The van der Waals surface area contributed by atoms with Crippen molar-refractivity contribution in [2.45, 2.75) is 20.8 Å². The third-order valence-corrected chi connectivity index (χ3v) is 1.17. The molecular weight excluding hydrogens is 152 g/mol. The van der Waals surface area contributed by atoms with Crippen LogP contribution in [0.4, 0.5) is 0 Å². The predicted molar refractivity (Wildman–Crippen MR) is 48.7 cm³/mol. The van der Waals surface area contributed by atoms with Crippen LogP contribution in [-0.2, 0) is 9.53 Å². The lowest BCUT2D eigenvalue weighted by molar-refractivity contribution is -0.138. The second-order valence-corrected chi connectivity index (χ2v) is 2.18. The smallest absolute Gasteiger partial charge is 0.341 e. The average Bonchev–Trinajstić information content (AvgIpc) is 2.05. The van der Waals surface area contributed by atoms with Crippen LogP contribution in [-0.4, -0.2) is 12.6 Å². The molecule has 0 N–H and O–H groups in total. The highest BCUT2D eigenvalue weighted by atomic mass is 16.5. The molecule has 12 heavy (non-hydrogen) atoms. The van der Waals surface area contributed by atoms with E-state index in [1.54, 1.807) is 19.9 Å². The van der Waals surface area contributed by atoms with Gasteiger partial charge in [0.25, 0.3) is 0 Å². The summed E-state index contributed by atoms with van der Waals surface area (Å²) in [5.74, 6) is -0.307. The lowest BCUT2D eigenvalue weighted by atomic mass is 10.3. The van der Waals surface area contributed by atoms with Crippen LogP contribution in [0.2, 0.25) is 0 Å². The number of carbonyl (C=O) groups is 1. The van der Waals surface area contributed by atoms with Crippen LogP contribution in [0.15, 0.2) is 29.5 Å². The van der Waals surface area contributed by atoms with Crippen LogP contribution in [0.3, 0.4) is 0 Å². The Kier molecular flexibility index (Phi) is 5.76. The summed E-state index contributed by atoms with van der Waals surface area (Å²) in [6, 6.07) is 0. The van der Waals surface area contributed by atoms with Crippen LogP contribution in [0.5, 0.6) is 0 Å². The van der Waals surface area contributed by atoms with Crippen molar-refractivity contribution in [3.8, 4) is 0 Å². The number of carbonyl (C=O) groups excluding carboxylic acids is 1. The molecule has 0 aromatic carbocycles. The second-order valence-electron chi connectivity index (χ2n) is 2.18. The lowest BCUT2D eigenvalue weighted by Gasteiger charge is -1.96. The molecule has 0 aromatic heterocycles. The summed E-state index contributed by atoms with van der Waals surface area (Å²) in [4.78, 5) is 11.0. The van der Waals surface area contributed by atoms with Gasteiger partial charge < -0.3 is 4.74 Å². The molecule has 0 spiro atoms. The molecule has 0 atom stereocenters. The largest absolute Gasteiger partial charge is 0.462 e. The first kappa shape index (κ1) is 10.7. The number of ether oxygens (including phenoxy) is 1. The Bertz CT molecular complexity index is 230. The topological polar surface area (TPSA) is 26.3 Å². The Hall–Kier alpha value is -1.27. The van der Waals surface area contributed by atoms with E-state index < -0.39 is 0 Å². The zero-order chi connectivity index (χ0) is 9.40. The van der Waals surface area contributed by atoms with Gasteiger partial charge in [-0.2, -0.15) is 0 Å². The summed E-state index contributed by atoms with van der Waals surface area (Å²) in [7, 11) is 0. The molecule has 2 heteroatoms. The van der Waals surface area contributed by atoms with Gasteiger partial charge in [-0.25, -0.2) is 4.79 Å². The minimum absolute atomic E-state index is 0.307. The van der Waals surface area contributed by atoms with Crippen molar-refractivity contribution in [1.82, 2.24) is 0 Å². The van der Waals surface area contributed by atoms with E-state index in [4.69, 9.17) is 4.74 Å². The van der Waals surface area contributed by atoms with Crippen molar-refractivity contribution in [1.29, 1.82) is 0 Å². The van der Waals surface area contributed by atoms with E-state index in [-0.39, 0.29) is 5.97 Å². The fourth-order valence-electron chi connectivity index (χ4n) is 0.568. The summed E-state index contributed by atoms with van der Waals surface area (Å²) >= 11 is 0. The first-order chi connectivity index (χ1) is 5.72.